The molecule has 0 fully saturated rings. The highest BCUT2D eigenvalue weighted by molar-refractivity contribution is 7.99. The molecule has 0 aliphatic heterocycles. The van der Waals surface area contributed by atoms with Crippen molar-refractivity contribution < 1.29 is 19.5 Å². The Hall–Kier alpha value is -1.76. The average molecular weight is 285 g/mol. The maximum Gasteiger partial charge on any atom is 0.338 e. The zero-order valence-corrected chi connectivity index (χ0v) is 11.4. The van der Waals surface area contributed by atoms with Gasteiger partial charge in [0.15, 0.2) is 0 Å². The van der Waals surface area contributed by atoms with Gasteiger partial charge in [-0.15, -0.1) is 21.9 Å². The summed E-state index contributed by atoms with van der Waals surface area (Å²) in [6, 6.07) is 7.05. The van der Waals surface area contributed by atoms with Gasteiger partial charge in [0.05, 0.1) is 18.8 Å². The number of hydrogen-bond acceptors (Lipinski definition) is 6. The second kappa shape index (κ2) is 8.36. The number of nitrogens with zero attached hydrogens (tertiary/aromatic N) is 1. The number of carbonyl (C=O) groups excluding carboxylic acids is 1. The summed E-state index contributed by atoms with van der Waals surface area (Å²) in [6.07, 6.45) is 0.589. The molecular formula is C12H15NO5S. The van der Waals surface area contributed by atoms with Crippen LogP contribution in [0.3, 0.4) is 0 Å². The van der Waals surface area contributed by atoms with Gasteiger partial charge in [-0.3, -0.25) is 0 Å². The van der Waals surface area contributed by atoms with E-state index in [1.165, 1.54) is 0 Å². The lowest BCUT2D eigenvalue weighted by Gasteiger charge is -2.04. The highest BCUT2D eigenvalue weighted by Crippen LogP contribution is 2.19. The third-order valence-corrected chi connectivity index (χ3v) is 3.22. The molecule has 0 atom stereocenters. The predicted molar refractivity (Wildman–Crippen MR) is 70.7 cm³/mol. The summed E-state index contributed by atoms with van der Waals surface area (Å²) >= 11 is 1.55. The second-order valence-electron chi connectivity index (χ2n) is 3.50. The summed E-state index contributed by atoms with van der Waals surface area (Å²) in [4.78, 5) is 26.5. The van der Waals surface area contributed by atoms with Crippen LogP contribution >= 0.6 is 11.8 Å². The zero-order valence-electron chi connectivity index (χ0n) is 10.5. The van der Waals surface area contributed by atoms with E-state index in [0.29, 0.717) is 24.3 Å². The van der Waals surface area contributed by atoms with E-state index in [-0.39, 0.29) is 12.6 Å². The minimum absolute atomic E-state index is 0.0981. The molecule has 7 heteroatoms. The van der Waals surface area contributed by atoms with Crippen molar-refractivity contribution in [2.45, 2.75) is 18.2 Å². The van der Waals surface area contributed by atoms with Crippen LogP contribution < -0.4 is 0 Å². The van der Waals surface area contributed by atoms with Gasteiger partial charge in [-0.25, -0.2) is 4.79 Å². The van der Waals surface area contributed by atoms with Crippen LogP contribution in [0.1, 0.15) is 23.7 Å². The molecule has 1 aromatic carbocycles. The van der Waals surface area contributed by atoms with Gasteiger partial charge >= 0.3 is 5.97 Å². The van der Waals surface area contributed by atoms with Crippen molar-refractivity contribution in [1.29, 1.82) is 0 Å². The van der Waals surface area contributed by atoms with Crippen LogP contribution in [0.2, 0.25) is 0 Å². The van der Waals surface area contributed by atoms with Crippen LogP contribution in [0.4, 0.5) is 0 Å². The first-order valence-corrected chi connectivity index (χ1v) is 6.79. The summed E-state index contributed by atoms with van der Waals surface area (Å²) in [5, 5.41) is 9.13. The van der Waals surface area contributed by atoms with Crippen molar-refractivity contribution in [3.05, 3.63) is 39.9 Å². The molecule has 0 bridgehead atoms. The van der Waals surface area contributed by atoms with E-state index in [9.17, 15) is 14.9 Å². The normalized spacial score (nSPS) is 9.95. The fourth-order valence-corrected chi connectivity index (χ4v) is 2.12. The van der Waals surface area contributed by atoms with E-state index in [1.807, 2.05) is 12.1 Å². The second-order valence-corrected chi connectivity index (χ2v) is 4.67. The number of esters is 1. The first-order chi connectivity index (χ1) is 9.13. The van der Waals surface area contributed by atoms with Gasteiger partial charge in [0.2, 0.25) is 0 Å². The Morgan fingerprint density at radius 1 is 1.37 bits per heavy atom. The summed E-state index contributed by atoms with van der Waals surface area (Å²) in [5.74, 6) is 0.380. The zero-order chi connectivity index (χ0) is 14.1. The van der Waals surface area contributed by atoms with Crippen LogP contribution in [-0.4, -0.2) is 30.0 Å². The van der Waals surface area contributed by atoms with Crippen molar-refractivity contribution in [3.63, 3.8) is 0 Å². The Morgan fingerprint density at radius 2 is 2.05 bits per heavy atom. The van der Waals surface area contributed by atoms with E-state index in [2.05, 4.69) is 4.84 Å². The molecule has 0 N–H and O–H groups in total. The number of ether oxygens (including phenoxy) is 1. The van der Waals surface area contributed by atoms with Crippen LogP contribution in [0.5, 0.6) is 0 Å². The molecule has 6 nitrogen and oxygen atoms in total. The first-order valence-electron chi connectivity index (χ1n) is 5.80. The Kier molecular flexibility index (Phi) is 6.73. The molecule has 0 saturated carbocycles. The number of benzene rings is 1. The molecule has 0 radical (unpaired) electrons. The highest BCUT2D eigenvalue weighted by Gasteiger charge is 2.05. The predicted octanol–water partition coefficient (Wildman–Crippen LogP) is 2.55. The standard InChI is InChI=1S/C12H15NO5S/c1-2-17-12(14)10-4-6-11(7-5-10)19-9-3-8-18-13(15)16/h4-7H,2-3,8-9H2,1H3. The molecule has 0 saturated heterocycles. The molecule has 1 aromatic rings. The number of thioether (sulfide) groups is 1. The Morgan fingerprint density at radius 3 is 2.63 bits per heavy atom. The molecule has 0 spiro atoms. The third-order valence-electron chi connectivity index (χ3n) is 2.12. The fourth-order valence-electron chi connectivity index (χ4n) is 1.29. The lowest BCUT2D eigenvalue weighted by atomic mass is 10.2. The quantitative estimate of drug-likeness (QED) is 0.240. The average Bonchev–Trinajstić information content (AvgIpc) is 2.39. The Balaban J connectivity index is 2.32. The molecule has 0 aliphatic rings. The lowest BCUT2D eigenvalue weighted by Crippen LogP contribution is -2.04. The smallest absolute Gasteiger partial charge is 0.338 e. The van der Waals surface area contributed by atoms with Gasteiger partial charge < -0.3 is 9.57 Å². The van der Waals surface area contributed by atoms with Gasteiger partial charge in [-0.2, -0.15) is 0 Å². The van der Waals surface area contributed by atoms with E-state index in [1.54, 1.807) is 30.8 Å². The van der Waals surface area contributed by atoms with Crippen LogP contribution in [0.25, 0.3) is 0 Å². The Labute approximate surface area is 115 Å². The summed E-state index contributed by atoms with van der Waals surface area (Å²) < 4.78 is 4.88. The van der Waals surface area contributed by atoms with Gasteiger partial charge in [0.25, 0.3) is 5.09 Å². The van der Waals surface area contributed by atoms with Crippen LogP contribution in [0.15, 0.2) is 29.2 Å². The van der Waals surface area contributed by atoms with E-state index in [4.69, 9.17) is 4.74 Å². The van der Waals surface area contributed by atoms with Crippen molar-refractivity contribution in [1.82, 2.24) is 0 Å². The molecular weight excluding hydrogens is 270 g/mol. The molecule has 0 unspecified atom stereocenters. The largest absolute Gasteiger partial charge is 0.462 e. The van der Waals surface area contributed by atoms with Crippen molar-refractivity contribution >= 4 is 17.7 Å². The number of carbonyl (C=O) groups is 1. The van der Waals surface area contributed by atoms with Gasteiger partial charge in [0.1, 0.15) is 0 Å². The molecule has 0 amide bonds. The monoisotopic (exact) mass is 285 g/mol. The summed E-state index contributed by atoms with van der Waals surface area (Å²) in [7, 11) is 0. The molecule has 1 rings (SSSR count). The van der Waals surface area contributed by atoms with Crippen LogP contribution in [-0.2, 0) is 9.57 Å². The lowest BCUT2D eigenvalue weighted by molar-refractivity contribution is -0.757. The molecule has 0 aromatic heterocycles. The summed E-state index contributed by atoms with van der Waals surface area (Å²) in [6.45, 7) is 2.21. The molecule has 0 heterocycles. The minimum Gasteiger partial charge on any atom is -0.462 e. The number of hydrogen-bond donors (Lipinski definition) is 0. The topological polar surface area (TPSA) is 78.7 Å². The molecule has 19 heavy (non-hydrogen) atoms. The van der Waals surface area contributed by atoms with Crippen LogP contribution in [0, 0.1) is 10.1 Å². The van der Waals surface area contributed by atoms with Gasteiger partial charge in [-0.05, 0) is 43.4 Å². The minimum atomic E-state index is -0.793. The van der Waals surface area contributed by atoms with Crippen molar-refractivity contribution in [3.8, 4) is 0 Å². The highest BCUT2D eigenvalue weighted by atomic mass is 32.2. The molecule has 104 valence electrons. The Bertz CT molecular complexity index is 421. The van der Waals surface area contributed by atoms with Gasteiger partial charge in [0, 0.05) is 4.90 Å². The van der Waals surface area contributed by atoms with E-state index in [0.717, 1.165) is 4.90 Å². The third kappa shape index (κ3) is 6.10. The van der Waals surface area contributed by atoms with Crippen molar-refractivity contribution in [2.24, 2.45) is 0 Å². The maximum atomic E-state index is 11.4. The number of rotatable bonds is 8. The van der Waals surface area contributed by atoms with Crippen molar-refractivity contribution in [2.75, 3.05) is 19.0 Å². The fraction of sp³-hybridized carbons (Fsp3) is 0.417. The van der Waals surface area contributed by atoms with Gasteiger partial charge in [-0.1, -0.05) is 0 Å². The SMILES string of the molecule is CCOC(=O)c1ccc(SCCCO[N+](=O)[O-])cc1. The van der Waals surface area contributed by atoms with E-state index >= 15 is 0 Å². The first kappa shape index (κ1) is 15.3. The summed E-state index contributed by atoms with van der Waals surface area (Å²) in [5.41, 5.74) is 0.517. The van der Waals surface area contributed by atoms with E-state index < -0.39 is 5.09 Å². The maximum absolute atomic E-state index is 11.4. The molecule has 0 aliphatic carbocycles.